The number of rotatable bonds is 7. The molecule has 0 atom stereocenters. The molecule has 0 N–H and O–H groups in total. The molecule has 0 fully saturated rings. The topological polar surface area (TPSA) is 61.8 Å². The number of benzene rings is 1. The molecule has 0 aliphatic heterocycles. The first-order chi connectivity index (χ1) is 11.0. The number of hydrogen-bond acceptors (Lipinski definition) is 5. The first-order valence-electron chi connectivity index (χ1n) is 7.40. The van der Waals surface area contributed by atoms with Gasteiger partial charge >= 0.3 is 11.9 Å². The van der Waals surface area contributed by atoms with Gasteiger partial charge in [-0.15, -0.1) is 0 Å². The zero-order valence-corrected chi connectivity index (χ0v) is 13.9. The van der Waals surface area contributed by atoms with Crippen LogP contribution < -0.4 is 4.74 Å². The lowest BCUT2D eigenvalue weighted by atomic mass is 10.0. The molecule has 0 aliphatic carbocycles. The van der Waals surface area contributed by atoms with Gasteiger partial charge in [0.15, 0.2) is 0 Å². The summed E-state index contributed by atoms with van der Waals surface area (Å²) in [6, 6.07) is 7.35. The highest BCUT2D eigenvalue weighted by molar-refractivity contribution is 6.01. The smallest absolute Gasteiger partial charge is 0.338 e. The van der Waals surface area contributed by atoms with Gasteiger partial charge in [-0.2, -0.15) is 0 Å². The average Bonchev–Trinajstić information content (AvgIpc) is 2.53. The van der Waals surface area contributed by atoms with Crippen LogP contribution in [0.15, 0.2) is 41.5 Å². The molecule has 0 saturated heterocycles. The van der Waals surface area contributed by atoms with Crippen molar-refractivity contribution in [3.63, 3.8) is 0 Å². The number of hydrogen-bond donors (Lipinski definition) is 0. The lowest BCUT2D eigenvalue weighted by Gasteiger charge is -2.08. The van der Waals surface area contributed by atoms with Crippen LogP contribution in [0.2, 0.25) is 0 Å². The summed E-state index contributed by atoms with van der Waals surface area (Å²) in [7, 11) is 1.59. The maximum absolute atomic E-state index is 12.1. The Morgan fingerprint density at radius 2 is 1.65 bits per heavy atom. The van der Waals surface area contributed by atoms with Crippen LogP contribution in [0.1, 0.15) is 26.3 Å². The van der Waals surface area contributed by atoms with Crippen molar-refractivity contribution in [3.05, 3.63) is 47.1 Å². The van der Waals surface area contributed by atoms with Crippen LogP contribution >= 0.6 is 0 Å². The van der Waals surface area contributed by atoms with Crippen molar-refractivity contribution in [2.24, 2.45) is 0 Å². The summed E-state index contributed by atoms with van der Waals surface area (Å²) < 4.78 is 15.0. The van der Waals surface area contributed by atoms with Crippen molar-refractivity contribution >= 4 is 18.0 Å². The molecule has 1 rings (SSSR count). The number of methoxy groups -OCH3 is 1. The normalized spacial score (nSPS) is 11.8. The number of carbonyl (C=O) groups excluding carboxylic acids is 2. The van der Waals surface area contributed by atoms with Crippen LogP contribution in [0.3, 0.4) is 0 Å². The minimum absolute atomic E-state index is 0.182. The summed E-state index contributed by atoms with van der Waals surface area (Å²) in [5.74, 6) is -0.381. The SMILES string of the molecule is CCOC(=O)/C=C(C(=O)OCC)\C(C)=C\c1ccc(OC)cc1. The Morgan fingerprint density at radius 1 is 1.04 bits per heavy atom. The molecule has 1 aromatic carbocycles. The molecule has 0 aliphatic rings. The second kappa shape index (κ2) is 9.46. The number of esters is 2. The summed E-state index contributed by atoms with van der Waals surface area (Å²) in [5, 5.41) is 0. The quantitative estimate of drug-likeness (QED) is 0.439. The fourth-order valence-electron chi connectivity index (χ4n) is 1.87. The molecule has 0 radical (unpaired) electrons. The summed E-state index contributed by atoms with van der Waals surface area (Å²) >= 11 is 0. The van der Waals surface area contributed by atoms with E-state index < -0.39 is 11.9 Å². The Hall–Kier alpha value is -2.56. The first kappa shape index (κ1) is 18.5. The van der Waals surface area contributed by atoms with Crippen LogP contribution in [0.5, 0.6) is 5.75 Å². The highest BCUT2D eigenvalue weighted by atomic mass is 16.5. The van der Waals surface area contributed by atoms with Gasteiger partial charge in [0.25, 0.3) is 0 Å². The van der Waals surface area contributed by atoms with Gasteiger partial charge in [-0.1, -0.05) is 18.2 Å². The Bertz CT molecular complexity index is 596. The van der Waals surface area contributed by atoms with Crippen LogP contribution in [0, 0.1) is 0 Å². The second-order valence-electron chi connectivity index (χ2n) is 4.63. The summed E-state index contributed by atoms with van der Waals surface area (Å²) in [4.78, 5) is 23.7. The molecule has 0 aromatic heterocycles. The van der Waals surface area contributed by atoms with Crippen molar-refractivity contribution in [2.45, 2.75) is 20.8 Å². The van der Waals surface area contributed by atoms with E-state index in [1.807, 2.05) is 24.3 Å². The lowest BCUT2D eigenvalue weighted by Crippen LogP contribution is -2.12. The van der Waals surface area contributed by atoms with Crippen molar-refractivity contribution in [1.82, 2.24) is 0 Å². The van der Waals surface area contributed by atoms with Crippen molar-refractivity contribution in [3.8, 4) is 5.75 Å². The van der Waals surface area contributed by atoms with E-state index >= 15 is 0 Å². The van der Waals surface area contributed by atoms with Crippen molar-refractivity contribution in [1.29, 1.82) is 0 Å². The molecule has 0 heterocycles. The predicted octanol–water partition coefficient (Wildman–Crippen LogP) is 3.15. The number of ether oxygens (including phenoxy) is 3. The molecule has 1 aromatic rings. The van der Waals surface area contributed by atoms with Crippen molar-refractivity contribution < 1.29 is 23.8 Å². The van der Waals surface area contributed by atoms with Crippen molar-refractivity contribution in [2.75, 3.05) is 20.3 Å². The molecule has 0 unspecified atom stereocenters. The van der Waals surface area contributed by atoms with E-state index in [0.717, 1.165) is 17.4 Å². The third-order valence-corrected chi connectivity index (χ3v) is 2.97. The van der Waals surface area contributed by atoms with Gasteiger partial charge < -0.3 is 14.2 Å². The monoisotopic (exact) mass is 318 g/mol. The number of carbonyl (C=O) groups is 2. The Morgan fingerprint density at radius 3 is 2.17 bits per heavy atom. The first-order valence-corrected chi connectivity index (χ1v) is 7.40. The van der Waals surface area contributed by atoms with Gasteiger partial charge in [-0.25, -0.2) is 9.59 Å². The maximum atomic E-state index is 12.1. The molecule has 5 heteroatoms. The van der Waals surface area contributed by atoms with E-state index in [1.165, 1.54) is 0 Å². The fourth-order valence-corrected chi connectivity index (χ4v) is 1.87. The van der Waals surface area contributed by atoms with Gasteiger partial charge in [0.2, 0.25) is 0 Å². The summed E-state index contributed by atoms with van der Waals surface area (Å²) in [6.45, 7) is 5.63. The summed E-state index contributed by atoms with van der Waals surface area (Å²) in [6.07, 6.45) is 2.96. The predicted molar refractivity (Wildman–Crippen MR) is 88.0 cm³/mol. The van der Waals surface area contributed by atoms with Crippen LogP contribution in [0.25, 0.3) is 6.08 Å². The van der Waals surface area contributed by atoms with Gasteiger partial charge in [0, 0.05) is 6.08 Å². The summed E-state index contributed by atoms with van der Waals surface area (Å²) in [5.41, 5.74) is 1.67. The largest absolute Gasteiger partial charge is 0.497 e. The molecule has 0 amide bonds. The molecule has 5 nitrogen and oxygen atoms in total. The Kier molecular flexibility index (Phi) is 7.60. The van der Waals surface area contributed by atoms with E-state index in [4.69, 9.17) is 14.2 Å². The van der Waals surface area contributed by atoms with E-state index in [1.54, 1.807) is 34.0 Å². The third-order valence-electron chi connectivity index (χ3n) is 2.97. The van der Waals surface area contributed by atoms with Crippen LogP contribution in [0.4, 0.5) is 0 Å². The zero-order valence-electron chi connectivity index (χ0n) is 13.9. The minimum Gasteiger partial charge on any atom is -0.497 e. The van der Waals surface area contributed by atoms with Crippen LogP contribution in [-0.2, 0) is 19.1 Å². The van der Waals surface area contributed by atoms with E-state index in [2.05, 4.69) is 0 Å². The Labute approximate surface area is 136 Å². The van der Waals surface area contributed by atoms with Gasteiger partial charge in [0.05, 0.1) is 25.9 Å². The van der Waals surface area contributed by atoms with Gasteiger partial charge in [-0.05, 0) is 44.0 Å². The highest BCUT2D eigenvalue weighted by Gasteiger charge is 2.15. The zero-order chi connectivity index (χ0) is 17.2. The molecule has 0 spiro atoms. The standard InChI is InChI=1S/C18H22O5/c1-5-22-17(19)12-16(18(20)23-6-2)13(3)11-14-7-9-15(21-4)10-8-14/h7-12H,5-6H2,1-4H3/b13-11+,16-12+. The molecule has 0 saturated carbocycles. The average molecular weight is 318 g/mol. The van der Waals surface area contributed by atoms with Gasteiger partial charge in [0.1, 0.15) is 5.75 Å². The van der Waals surface area contributed by atoms with E-state index in [0.29, 0.717) is 5.57 Å². The van der Waals surface area contributed by atoms with Crippen LogP contribution in [-0.4, -0.2) is 32.3 Å². The maximum Gasteiger partial charge on any atom is 0.338 e. The molecule has 124 valence electrons. The van der Waals surface area contributed by atoms with E-state index in [-0.39, 0.29) is 18.8 Å². The Balaban J connectivity index is 3.10. The third kappa shape index (κ3) is 5.98. The lowest BCUT2D eigenvalue weighted by molar-refractivity contribution is -0.140. The second-order valence-corrected chi connectivity index (χ2v) is 4.63. The highest BCUT2D eigenvalue weighted by Crippen LogP contribution is 2.18. The minimum atomic E-state index is -0.571. The molecular formula is C18H22O5. The molecule has 23 heavy (non-hydrogen) atoms. The molecular weight excluding hydrogens is 296 g/mol. The van der Waals surface area contributed by atoms with Gasteiger partial charge in [-0.3, -0.25) is 0 Å². The molecule has 0 bridgehead atoms. The van der Waals surface area contributed by atoms with E-state index in [9.17, 15) is 9.59 Å². The fraction of sp³-hybridized carbons (Fsp3) is 0.333.